The van der Waals surface area contributed by atoms with Crippen molar-refractivity contribution in [3.63, 3.8) is 0 Å². The van der Waals surface area contributed by atoms with Gasteiger partial charge in [-0.15, -0.1) is 0 Å². The van der Waals surface area contributed by atoms with E-state index in [1.165, 1.54) is 87.2 Å². The first-order chi connectivity index (χ1) is 20.9. The van der Waals surface area contributed by atoms with Crippen molar-refractivity contribution in [3.05, 3.63) is 36.0 Å². The van der Waals surface area contributed by atoms with Gasteiger partial charge in [-0.25, -0.2) is 5.01 Å². The Morgan fingerprint density at radius 1 is 0.791 bits per heavy atom. The molecule has 1 aromatic heterocycles. The lowest BCUT2D eigenvalue weighted by atomic mass is 9.97. The second kappa shape index (κ2) is 23.1. The van der Waals surface area contributed by atoms with Gasteiger partial charge in [0, 0.05) is 50.7 Å². The molecule has 1 heterocycles. The predicted octanol–water partition coefficient (Wildman–Crippen LogP) is 7.73. The fraction of sp³-hybridized carbons (Fsp3) is 0.722. The lowest BCUT2D eigenvalue weighted by Crippen LogP contribution is -2.31. The molecule has 2 aromatic rings. The highest BCUT2D eigenvalue weighted by atomic mass is 16.2. The van der Waals surface area contributed by atoms with Crippen LogP contribution < -0.4 is 16.1 Å². The first-order valence-corrected chi connectivity index (χ1v) is 17.4. The van der Waals surface area contributed by atoms with Crippen molar-refractivity contribution in [2.24, 2.45) is 5.92 Å². The Labute approximate surface area is 262 Å². The number of carbonyl (C=O) groups excluding carboxylic acids is 2. The largest absolute Gasteiger partial charge is 0.356 e. The number of aryl methyl sites for hydroxylation is 1. The van der Waals surface area contributed by atoms with Crippen molar-refractivity contribution in [1.82, 2.24) is 25.6 Å². The van der Waals surface area contributed by atoms with Gasteiger partial charge in [-0.1, -0.05) is 103 Å². The molecule has 2 rings (SSSR count). The molecule has 7 heteroatoms. The van der Waals surface area contributed by atoms with Crippen LogP contribution in [0.3, 0.4) is 0 Å². The maximum atomic E-state index is 12.5. The highest BCUT2D eigenvalue weighted by molar-refractivity contribution is 5.82. The van der Waals surface area contributed by atoms with Crippen LogP contribution in [-0.2, 0) is 22.7 Å². The number of aromatic nitrogens is 1. The molecule has 0 bridgehead atoms. The van der Waals surface area contributed by atoms with Gasteiger partial charge in [0.05, 0.1) is 6.54 Å². The van der Waals surface area contributed by atoms with E-state index < -0.39 is 0 Å². The summed E-state index contributed by atoms with van der Waals surface area (Å²) in [6.07, 6.45) is 20.0. The number of para-hydroxylation sites is 1. The second-order valence-electron chi connectivity index (χ2n) is 12.6. The van der Waals surface area contributed by atoms with E-state index in [0.29, 0.717) is 31.8 Å². The molecule has 1 unspecified atom stereocenters. The first kappa shape index (κ1) is 36.8. The molecule has 3 N–H and O–H groups in total. The first-order valence-electron chi connectivity index (χ1n) is 17.4. The van der Waals surface area contributed by atoms with Crippen molar-refractivity contribution in [2.75, 3.05) is 27.2 Å². The third-order valence-corrected chi connectivity index (χ3v) is 8.65. The molecule has 244 valence electrons. The van der Waals surface area contributed by atoms with Gasteiger partial charge in [0.1, 0.15) is 0 Å². The number of carbonyl (C=O) groups is 2. The number of nitrogens with zero attached hydrogens (tertiary/aromatic N) is 2. The normalized spacial score (nSPS) is 12.2. The van der Waals surface area contributed by atoms with Crippen LogP contribution in [0.4, 0.5) is 0 Å². The molecule has 0 aliphatic heterocycles. The molecule has 0 fully saturated rings. The fourth-order valence-corrected chi connectivity index (χ4v) is 5.76. The average molecular weight is 598 g/mol. The highest BCUT2D eigenvalue weighted by Crippen LogP contribution is 2.21. The zero-order chi connectivity index (χ0) is 31.1. The number of benzene rings is 1. The minimum Gasteiger partial charge on any atom is -0.356 e. The average Bonchev–Trinajstić information content (AvgIpc) is 3.35. The Kier molecular flexibility index (Phi) is 19.7. The SMILES string of the molecule is CCCCCCCCCCCCC(C)CCC(=O)NCCCCCNC(=O)CCn1c(CN(C)NC)cc2ccccc21. The minimum absolute atomic E-state index is 0.0888. The summed E-state index contributed by atoms with van der Waals surface area (Å²) in [5.41, 5.74) is 5.51. The lowest BCUT2D eigenvalue weighted by molar-refractivity contribution is -0.122. The van der Waals surface area contributed by atoms with Crippen LogP contribution in [0.25, 0.3) is 10.9 Å². The van der Waals surface area contributed by atoms with Gasteiger partial charge in [-0.3, -0.25) is 15.0 Å². The van der Waals surface area contributed by atoms with E-state index in [9.17, 15) is 9.59 Å². The summed E-state index contributed by atoms with van der Waals surface area (Å²) in [5.74, 6) is 0.896. The molecule has 0 spiro atoms. The van der Waals surface area contributed by atoms with Crippen molar-refractivity contribution < 1.29 is 9.59 Å². The number of hydrogen-bond donors (Lipinski definition) is 3. The number of unbranched alkanes of at least 4 members (excludes halogenated alkanes) is 11. The smallest absolute Gasteiger partial charge is 0.221 e. The van der Waals surface area contributed by atoms with Gasteiger partial charge >= 0.3 is 0 Å². The van der Waals surface area contributed by atoms with E-state index in [1.54, 1.807) is 0 Å². The number of amides is 2. The highest BCUT2D eigenvalue weighted by Gasteiger charge is 2.12. The number of hydrogen-bond acceptors (Lipinski definition) is 4. The summed E-state index contributed by atoms with van der Waals surface area (Å²) in [4.78, 5) is 24.8. The third-order valence-electron chi connectivity index (χ3n) is 8.65. The monoisotopic (exact) mass is 597 g/mol. The van der Waals surface area contributed by atoms with Crippen LogP contribution >= 0.6 is 0 Å². The van der Waals surface area contributed by atoms with E-state index in [-0.39, 0.29) is 11.8 Å². The van der Waals surface area contributed by atoms with Crippen LogP contribution in [-0.4, -0.2) is 48.6 Å². The molecular weight excluding hydrogens is 534 g/mol. The van der Waals surface area contributed by atoms with E-state index in [2.05, 4.69) is 58.7 Å². The summed E-state index contributed by atoms with van der Waals surface area (Å²) in [6.45, 7) is 7.40. The van der Waals surface area contributed by atoms with Crippen LogP contribution in [0.5, 0.6) is 0 Å². The van der Waals surface area contributed by atoms with Gasteiger partial charge in [0.2, 0.25) is 11.8 Å². The van der Waals surface area contributed by atoms with E-state index in [1.807, 2.05) is 25.2 Å². The zero-order valence-corrected chi connectivity index (χ0v) is 28.0. The van der Waals surface area contributed by atoms with E-state index in [4.69, 9.17) is 0 Å². The number of rotatable bonds is 26. The molecule has 2 amide bonds. The quantitative estimate of drug-likeness (QED) is 0.0766. The number of fused-ring (bicyclic) bond motifs is 1. The fourth-order valence-electron chi connectivity index (χ4n) is 5.76. The summed E-state index contributed by atoms with van der Waals surface area (Å²) in [7, 11) is 3.93. The molecule has 0 saturated heterocycles. The number of hydrazine groups is 1. The zero-order valence-electron chi connectivity index (χ0n) is 28.0. The van der Waals surface area contributed by atoms with Gasteiger partial charge in [0.25, 0.3) is 0 Å². The van der Waals surface area contributed by atoms with Crippen LogP contribution in [0.2, 0.25) is 0 Å². The molecule has 1 atom stereocenters. The molecule has 1 aromatic carbocycles. The maximum absolute atomic E-state index is 12.5. The van der Waals surface area contributed by atoms with E-state index in [0.717, 1.165) is 38.8 Å². The summed E-state index contributed by atoms with van der Waals surface area (Å²) >= 11 is 0. The van der Waals surface area contributed by atoms with Gasteiger partial charge in [-0.2, -0.15) is 0 Å². The molecule has 0 radical (unpaired) electrons. The summed E-state index contributed by atoms with van der Waals surface area (Å²) in [6, 6.07) is 10.6. The lowest BCUT2D eigenvalue weighted by Gasteiger charge is -2.17. The third kappa shape index (κ3) is 16.3. The second-order valence-corrected chi connectivity index (χ2v) is 12.6. The van der Waals surface area contributed by atoms with Crippen molar-refractivity contribution >= 4 is 22.7 Å². The minimum atomic E-state index is 0.0888. The van der Waals surface area contributed by atoms with E-state index >= 15 is 0 Å². The maximum Gasteiger partial charge on any atom is 0.221 e. The summed E-state index contributed by atoms with van der Waals surface area (Å²) < 4.78 is 2.25. The van der Waals surface area contributed by atoms with Crippen molar-refractivity contribution in [2.45, 2.75) is 136 Å². The molecule has 0 aliphatic carbocycles. The Hall–Kier alpha value is -2.38. The van der Waals surface area contributed by atoms with Crippen LogP contribution in [0.15, 0.2) is 30.3 Å². The van der Waals surface area contributed by atoms with Crippen LogP contribution in [0, 0.1) is 5.92 Å². The topological polar surface area (TPSA) is 78.4 Å². The van der Waals surface area contributed by atoms with Gasteiger partial charge in [0.15, 0.2) is 0 Å². The Morgan fingerprint density at radius 3 is 2.02 bits per heavy atom. The summed E-state index contributed by atoms with van der Waals surface area (Å²) in [5, 5.41) is 9.39. The predicted molar refractivity (Wildman–Crippen MR) is 182 cm³/mol. The van der Waals surface area contributed by atoms with Gasteiger partial charge < -0.3 is 15.2 Å². The molecule has 0 saturated carbocycles. The number of nitrogens with one attached hydrogen (secondary N) is 3. The molecule has 7 nitrogen and oxygen atoms in total. The van der Waals surface area contributed by atoms with Gasteiger partial charge in [-0.05, 0) is 56.2 Å². The molecule has 43 heavy (non-hydrogen) atoms. The molecular formula is C36H63N5O2. The molecule has 0 aliphatic rings. The Bertz CT molecular complexity index is 1020. The van der Waals surface area contributed by atoms with Crippen LogP contribution in [0.1, 0.15) is 129 Å². The Morgan fingerprint density at radius 2 is 1.37 bits per heavy atom. The van der Waals surface area contributed by atoms with Crippen molar-refractivity contribution in [1.29, 1.82) is 0 Å². The Balaban J connectivity index is 1.46. The van der Waals surface area contributed by atoms with Crippen molar-refractivity contribution in [3.8, 4) is 0 Å². The standard InChI is InChI=1S/C36H63N5O2/c1-5-6-7-8-9-10-11-12-13-15-20-31(2)23-24-35(42)38-26-18-14-19-27-39-36(43)25-28-41-33(30-40(4)37-3)29-32-21-16-17-22-34(32)41/h16-17,21-22,29,31,37H,5-15,18-20,23-28,30H2,1-4H3,(H,38,42)(H,39,43).